The van der Waals surface area contributed by atoms with Crippen molar-refractivity contribution in [2.75, 3.05) is 13.1 Å². The third kappa shape index (κ3) is 5.53. The number of amides is 1. The lowest BCUT2D eigenvalue weighted by molar-refractivity contribution is -0.904. The normalized spacial score (nSPS) is 11.9. The first-order chi connectivity index (χ1) is 13.3. The molecule has 0 heterocycles. The molecule has 1 atom stereocenters. The molecule has 138 valence electrons. The quantitative estimate of drug-likeness (QED) is 0.637. The lowest BCUT2D eigenvalue weighted by Crippen LogP contribution is -3.11. The summed E-state index contributed by atoms with van der Waals surface area (Å²) in [6.07, 6.45) is 0. The molecule has 0 saturated carbocycles. The maximum atomic E-state index is 12.8. The van der Waals surface area contributed by atoms with Crippen LogP contribution in [-0.4, -0.2) is 19.0 Å². The van der Waals surface area contributed by atoms with Gasteiger partial charge in [0.2, 0.25) is 0 Å². The average Bonchev–Trinajstić information content (AvgIpc) is 2.73. The van der Waals surface area contributed by atoms with Crippen LogP contribution in [0.15, 0.2) is 91.0 Å². The van der Waals surface area contributed by atoms with Crippen LogP contribution in [0.1, 0.15) is 29.7 Å². The lowest BCUT2D eigenvalue weighted by atomic mass is 9.99. The van der Waals surface area contributed by atoms with Crippen LogP contribution in [0.5, 0.6) is 0 Å². The maximum absolute atomic E-state index is 12.8. The maximum Gasteiger partial charge on any atom is 0.275 e. The van der Waals surface area contributed by atoms with E-state index < -0.39 is 0 Å². The first kappa shape index (κ1) is 18.9. The molecule has 0 radical (unpaired) electrons. The van der Waals surface area contributed by atoms with Crippen LogP contribution in [0.25, 0.3) is 0 Å². The molecule has 3 aromatic carbocycles. The number of carbonyl (C=O) groups is 1. The molecule has 0 saturated heterocycles. The summed E-state index contributed by atoms with van der Waals surface area (Å²) < 4.78 is 0. The molecule has 3 rings (SSSR count). The molecule has 0 spiro atoms. The van der Waals surface area contributed by atoms with E-state index in [1.54, 1.807) is 0 Å². The largest absolute Gasteiger partial charge is 0.340 e. The highest BCUT2D eigenvalue weighted by Crippen LogP contribution is 2.21. The average molecular weight is 359 g/mol. The Morgan fingerprint density at radius 1 is 0.815 bits per heavy atom. The van der Waals surface area contributed by atoms with Crippen LogP contribution < -0.4 is 10.2 Å². The van der Waals surface area contributed by atoms with Crippen LogP contribution >= 0.6 is 0 Å². The van der Waals surface area contributed by atoms with Gasteiger partial charge in [0.1, 0.15) is 6.54 Å². The van der Waals surface area contributed by atoms with E-state index in [0.29, 0.717) is 6.54 Å². The van der Waals surface area contributed by atoms with Crippen molar-refractivity contribution in [3.05, 3.63) is 108 Å². The number of hydrogen-bond acceptors (Lipinski definition) is 1. The van der Waals surface area contributed by atoms with Crippen LogP contribution in [0.3, 0.4) is 0 Å². The van der Waals surface area contributed by atoms with Gasteiger partial charge in [0.15, 0.2) is 6.54 Å². The Kier molecular flexibility index (Phi) is 6.78. The Bertz CT molecular complexity index is 779. The van der Waals surface area contributed by atoms with Crippen molar-refractivity contribution in [3.8, 4) is 0 Å². The van der Waals surface area contributed by atoms with Crippen LogP contribution in [-0.2, 0) is 11.3 Å². The molecule has 3 heteroatoms. The van der Waals surface area contributed by atoms with Gasteiger partial charge in [0.05, 0.1) is 12.6 Å². The Labute approximate surface area is 161 Å². The summed E-state index contributed by atoms with van der Waals surface area (Å²) in [5.41, 5.74) is 3.45. The van der Waals surface area contributed by atoms with Gasteiger partial charge >= 0.3 is 0 Å². The van der Waals surface area contributed by atoms with E-state index >= 15 is 0 Å². The zero-order valence-electron chi connectivity index (χ0n) is 15.8. The molecule has 0 fully saturated rings. The second kappa shape index (κ2) is 9.70. The van der Waals surface area contributed by atoms with E-state index in [2.05, 4.69) is 48.6 Å². The Morgan fingerprint density at radius 3 is 1.78 bits per heavy atom. The second-order valence-corrected chi connectivity index (χ2v) is 6.76. The molecule has 27 heavy (non-hydrogen) atoms. The van der Waals surface area contributed by atoms with Crippen LogP contribution in [0.2, 0.25) is 0 Å². The van der Waals surface area contributed by atoms with E-state index in [9.17, 15) is 4.79 Å². The highest BCUT2D eigenvalue weighted by Gasteiger charge is 2.19. The summed E-state index contributed by atoms with van der Waals surface area (Å²) >= 11 is 0. The van der Waals surface area contributed by atoms with Crippen molar-refractivity contribution >= 4 is 5.91 Å². The minimum atomic E-state index is -0.130. The molecule has 2 N–H and O–H groups in total. The number of quaternary nitrogens is 1. The van der Waals surface area contributed by atoms with Crippen molar-refractivity contribution in [1.29, 1.82) is 0 Å². The minimum absolute atomic E-state index is 0.0699. The predicted molar refractivity (Wildman–Crippen MR) is 109 cm³/mol. The number of rotatable bonds is 8. The zero-order chi connectivity index (χ0) is 18.9. The molecular weight excluding hydrogens is 332 g/mol. The highest BCUT2D eigenvalue weighted by atomic mass is 16.2. The first-order valence-corrected chi connectivity index (χ1v) is 9.53. The number of hydrogen-bond donors (Lipinski definition) is 2. The number of nitrogens with one attached hydrogen (secondary N) is 2. The number of carbonyl (C=O) groups excluding carboxylic acids is 1. The predicted octanol–water partition coefficient (Wildman–Crippen LogP) is 3.00. The first-order valence-electron chi connectivity index (χ1n) is 9.53. The summed E-state index contributed by atoms with van der Waals surface area (Å²) in [6, 6.07) is 30.5. The SMILES string of the molecule is CC[NH+](CC(=O)NC(c1ccccc1)c1ccccc1)Cc1ccccc1. The van der Waals surface area contributed by atoms with E-state index in [1.165, 1.54) is 10.5 Å². The standard InChI is InChI=1S/C24H26N2O/c1-2-26(18-20-12-6-3-7-13-20)19-23(27)25-24(21-14-8-4-9-15-21)22-16-10-5-11-17-22/h3-17,24H,2,18-19H2,1H3,(H,25,27)/p+1. The number of likely N-dealkylation sites (N-methyl/N-ethyl adjacent to an activating group) is 1. The Balaban J connectivity index is 1.70. The summed E-state index contributed by atoms with van der Waals surface area (Å²) in [5, 5.41) is 3.24. The van der Waals surface area contributed by atoms with E-state index in [0.717, 1.165) is 24.2 Å². The van der Waals surface area contributed by atoms with Gasteiger partial charge in [0.25, 0.3) is 5.91 Å². The molecule has 3 nitrogen and oxygen atoms in total. The smallest absolute Gasteiger partial charge is 0.275 e. The summed E-state index contributed by atoms with van der Waals surface area (Å²) in [7, 11) is 0. The summed E-state index contributed by atoms with van der Waals surface area (Å²) in [6.45, 7) is 4.34. The third-order valence-corrected chi connectivity index (χ3v) is 4.78. The minimum Gasteiger partial charge on any atom is -0.340 e. The fourth-order valence-electron chi connectivity index (χ4n) is 3.29. The third-order valence-electron chi connectivity index (χ3n) is 4.78. The van der Waals surface area contributed by atoms with E-state index in [1.807, 2.05) is 54.6 Å². The fourth-order valence-corrected chi connectivity index (χ4v) is 3.29. The van der Waals surface area contributed by atoms with Gasteiger partial charge in [-0.3, -0.25) is 4.79 Å². The molecule has 0 aliphatic carbocycles. The molecule has 1 unspecified atom stereocenters. The van der Waals surface area contributed by atoms with Crippen molar-refractivity contribution in [2.24, 2.45) is 0 Å². The van der Waals surface area contributed by atoms with Gasteiger partial charge < -0.3 is 10.2 Å². The van der Waals surface area contributed by atoms with Gasteiger partial charge in [-0.05, 0) is 18.1 Å². The molecule has 0 aliphatic heterocycles. The molecule has 0 bridgehead atoms. The van der Waals surface area contributed by atoms with Crippen molar-refractivity contribution in [1.82, 2.24) is 5.32 Å². The molecule has 0 aliphatic rings. The number of benzene rings is 3. The molecule has 3 aromatic rings. The summed E-state index contributed by atoms with van der Waals surface area (Å²) in [5.74, 6) is 0.0699. The van der Waals surface area contributed by atoms with Crippen LogP contribution in [0.4, 0.5) is 0 Å². The Hall–Kier alpha value is -2.91. The topological polar surface area (TPSA) is 33.5 Å². The molecular formula is C24H27N2O+. The lowest BCUT2D eigenvalue weighted by Gasteiger charge is -2.22. The van der Waals surface area contributed by atoms with Gasteiger partial charge in [-0.1, -0.05) is 91.0 Å². The van der Waals surface area contributed by atoms with Crippen molar-refractivity contribution in [2.45, 2.75) is 19.5 Å². The van der Waals surface area contributed by atoms with Crippen LogP contribution in [0, 0.1) is 0 Å². The van der Waals surface area contributed by atoms with E-state index in [4.69, 9.17) is 0 Å². The molecule has 0 aromatic heterocycles. The fraction of sp³-hybridized carbons (Fsp3) is 0.208. The Morgan fingerprint density at radius 2 is 1.30 bits per heavy atom. The van der Waals surface area contributed by atoms with Crippen molar-refractivity contribution < 1.29 is 9.69 Å². The van der Waals surface area contributed by atoms with Gasteiger partial charge in [-0.15, -0.1) is 0 Å². The van der Waals surface area contributed by atoms with E-state index in [-0.39, 0.29) is 11.9 Å². The zero-order valence-corrected chi connectivity index (χ0v) is 15.8. The van der Waals surface area contributed by atoms with Gasteiger partial charge in [-0.2, -0.15) is 0 Å². The van der Waals surface area contributed by atoms with Crippen molar-refractivity contribution in [3.63, 3.8) is 0 Å². The second-order valence-electron chi connectivity index (χ2n) is 6.76. The highest BCUT2D eigenvalue weighted by molar-refractivity contribution is 5.77. The molecule has 1 amide bonds. The summed E-state index contributed by atoms with van der Waals surface area (Å²) in [4.78, 5) is 14.1. The van der Waals surface area contributed by atoms with Gasteiger partial charge in [-0.25, -0.2) is 0 Å². The monoisotopic (exact) mass is 359 g/mol. The van der Waals surface area contributed by atoms with Gasteiger partial charge in [0, 0.05) is 5.56 Å².